The molecule has 0 atom stereocenters. The predicted octanol–water partition coefficient (Wildman–Crippen LogP) is 4.77. The molecule has 0 saturated carbocycles. The van der Waals surface area contributed by atoms with E-state index in [0.29, 0.717) is 24.7 Å². The Bertz CT molecular complexity index is 1210. The van der Waals surface area contributed by atoms with Crippen molar-refractivity contribution in [3.8, 4) is 0 Å². The number of anilines is 2. The summed E-state index contributed by atoms with van der Waals surface area (Å²) in [5.74, 6) is -0.364. The van der Waals surface area contributed by atoms with E-state index in [9.17, 15) is 17.6 Å². The van der Waals surface area contributed by atoms with Crippen LogP contribution in [0.25, 0.3) is 0 Å². The number of thiophene rings is 1. The highest BCUT2D eigenvalue weighted by molar-refractivity contribution is 7.89. The number of nitrogens with zero attached hydrogens (tertiary/aromatic N) is 2. The smallest absolute Gasteiger partial charge is 0.267 e. The van der Waals surface area contributed by atoms with Gasteiger partial charge in [0.1, 0.15) is 15.6 Å². The van der Waals surface area contributed by atoms with Crippen molar-refractivity contribution >= 4 is 38.6 Å². The normalized spacial score (nSPS) is 15.1. The topological polar surface area (TPSA) is 69.7 Å². The fourth-order valence-corrected chi connectivity index (χ4v) is 6.50. The standard InChI is InChI=1S/C24H26FN3O3S2/c1-17(2)18-3-7-20(8-4-18)26-24(29)23-22(11-16-32-23)33(30,31)28-14-12-27(13-15-28)21-9-5-19(25)6-10-21/h3-11,16-17H,12-15H2,1-2H3,(H,26,29). The van der Waals surface area contributed by atoms with Gasteiger partial charge in [-0.05, 0) is 59.3 Å². The van der Waals surface area contributed by atoms with E-state index in [1.165, 1.54) is 22.5 Å². The van der Waals surface area contributed by atoms with Crippen molar-refractivity contribution in [2.45, 2.75) is 24.7 Å². The van der Waals surface area contributed by atoms with E-state index < -0.39 is 15.9 Å². The van der Waals surface area contributed by atoms with Crippen molar-refractivity contribution in [2.24, 2.45) is 0 Å². The molecule has 2 aromatic carbocycles. The quantitative estimate of drug-likeness (QED) is 0.544. The van der Waals surface area contributed by atoms with Gasteiger partial charge >= 0.3 is 0 Å². The van der Waals surface area contributed by atoms with Crippen LogP contribution in [0.15, 0.2) is 64.9 Å². The lowest BCUT2D eigenvalue weighted by Gasteiger charge is -2.35. The number of benzene rings is 2. The summed E-state index contributed by atoms with van der Waals surface area (Å²) >= 11 is 1.11. The average molecular weight is 488 g/mol. The van der Waals surface area contributed by atoms with Crippen LogP contribution in [-0.4, -0.2) is 44.8 Å². The molecular formula is C24H26FN3O3S2. The fourth-order valence-electron chi connectivity index (χ4n) is 3.78. The Kier molecular flexibility index (Phi) is 6.83. The molecule has 0 radical (unpaired) electrons. The van der Waals surface area contributed by atoms with Crippen molar-refractivity contribution in [3.63, 3.8) is 0 Å². The lowest BCUT2D eigenvalue weighted by atomic mass is 10.0. The first-order valence-electron chi connectivity index (χ1n) is 10.7. The summed E-state index contributed by atoms with van der Waals surface area (Å²) in [6.45, 7) is 5.73. The highest BCUT2D eigenvalue weighted by Gasteiger charge is 2.32. The Hall–Kier alpha value is -2.75. The number of sulfonamides is 1. The van der Waals surface area contributed by atoms with Gasteiger partial charge in [-0.25, -0.2) is 12.8 Å². The molecule has 1 fully saturated rings. The molecule has 9 heteroatoms. The minimum absolute atomic E-state index is 0.0269. The molecule has 2 heterocycles. The van der Waals surface area contributed by atoms with Gasteiger partial charge in [0, 0.05) is 37.6 Å². The summed E-state index contributed by atoms with van der Waals surface area (Å²) in [6.07, 6.45) is 0. The van der Waals surface area contributed by atoms with Crippen LogP contribution < -0.4 is 10.2 Å². The molecule has 0 unspecified atom stereocenters. The second-order valence-corrected chi connectivity index (χ2v) is 11.0. The van der Waals surface area contributed by atoms with Gasteiger partial charge in [0.05, 0.1) is 0 Å². The molecule has 1 N–H and O–H groups in total. The Morgan fingerprint density at radius 1 is 0.970 bits per heavy atom. The number of rotatable bonds is 6. The number of carbonyl (C=O) groups excluding carboxylic acids is 1. The zero-order valence-electron chi connectivity index (χ0n) is 18.5. The van der Waals surface area contributed by atoms with Crippen LogP contribution in [0.5, 0.6) is 0 Å². The lowest BCUT2D eigenvalue weighted by Crippen LogP contribution is -2.48. The van der Waals surface area contributed by atoms with Gasteiger partial charge in [-0.15, -0.1) is 11.3 Å². The van der Waals surface area contributed by atoms with E-state index in [1.54, 1.807) is 17.5 Å². The largest absolute Gasteiger partial charge is 0.369 e. The summed E-state index contributed by atoms with van der Waals surface area (Å²) in [5.41, 5.74) is 2.63. The second kappa shape index (κ2) is 9.62. The fraction of sp³-hybridized carbons (Fsp3) is 0.292. The summed E-state index contributed by atoms with van der Waals surface area (Å²) in [5, 5.41) is 4.43. The second-order valence-electron chi connectivity index (χ2n) is 8.21. The molecule has 0 bridgehead atoms. The minimum Gasteiger partial charge on any atom is -0.369 e. The lowest BCUT2D eigenvalue weighted by molar-refractivity contribution is 0.102. The minimum atomic E-state index is -3.82. The first-order valence-corrected chi connectivity index (χ1v) is 13.1. The molecule has 1 aromatic heterocycles. The van der Waals surface area contributed by atoms with Crippen LogP contribution >= 0.6 is 11.3 Å². The van der Waals surface area contributed by atoms with Gasteiger partial charge in [0.2, 0.25) is 10.0 Å². The van der Waals surface area contributed by atoms with E-state index in [-0.39, 0.29) is 28.7 Å². The molecule has 1 aliphatic rings. The molecule has 1 aliphatic heterocycles. The zero-order valence-corrected chi connectivity index (χ0v) is 20.1. The van der Waals surface area contributed by atoms with E-state index >= 15 is 0 Å². The van der Waals surface area contributed by atoms with Crippen molar-refractivity contribution in [3.05, 3.63) is 76.2 Å². The number of piperazine rings is 1. The molecule has 0 spiro atoms. The molecule has 1 saturated heterocycles. The van der Waals surface area contributed by atoms with Crippen molar-refractivity contribution in [2.75, 3.05) is 36.4 Å². The third-order valence-electron chi connectivity index (χ3n) is 5.72. The van der Waals surface area contributed by atoms with Gasteiger partial charge in [0.15, 0.2) is 0 Å². The van der Waals surface area contributed by atoms with Gasteiger partial charge in [-0.2, -0.15) is 4.31 Å². The van der Waals surface area contributed by atoms with Crippen LogP contribution in [0.4, 0.5) is 15.8 Å². The van der Waals surface area contributed by atoms with Crippen molar-refractivity contribution < 1.29 is 17.6 Å². The number of halogens is 1. The van der Waals surface area contributed by atoms with Crippen LogP contribution in [0, 0.1) is 5.82 Å². The van der Waals surface area contributed by atoms with Crippen LogP contribution in [0.3, 0.4) is 0 Å². The Balaban J connectivity index is 1.45. The number of nitrogens with one attached hydrogen (secondary N) is 1. The maximum atomic E-state index is 13.3. The van der Waals surface area contributed by atoms with E-state index in [1.807, 2.05) is 29.2 Å². The van der Waals surface area contributed by atoms with Gasteiger partial charge in [-0.1, -0.05) is 26.0 Å². The highest BCUT2D eigenvalue weighted by atomic mass is 32.2. The first kappa shape index (κ1) is 23.4. The number of amides is 1. The van der Waals surface area contributed by atoms with Crippen LogP contribution in [0.2, 0.25) is 0 Å². The molecule has 174 valence electrons. The van der Waals surface area contributed by atoms with E-state index in [2.05, 4.69) is 19.2 Å². The summed E-state index contributed by atoms with van der Waals surface area (Å²) in [6, 6.07) is 15.2. The Labute approximate surface area is 197 Å². The number of carbonyl (C=O) groups is 1. The number of hydrogen-bond acceptors (Lipinski definition) is 5. The maximum Gasteiger partial charge on any atom is 0.267 e. The summed E-state index contributed by atoms with van der Waals surface area (Å²) < 4.78 is 41.2. The van der Waals surface area contributed by atoms with E-state index in [4.69, 9.17) is 0 Å². The van der Waals surface area contributed by atoms with Gasteiger partial charge in [-0.3, -0.25) is 4.79 Å². The molecule has 1 amide bonds. The monoisotopic (exact) mass is 487 g/mol. The van der Waals surface area contributed by atoms with Crippen LogP contribution in [0.1, 0.15) is 35.0 Å². The first-order chi connectivity index (χ1) is 15.8. The van der Waals surface area contributed by atoms with Crippen molar-refractivity contribution in [1.82, 2.24) is 4.31 Å². The molecular weight excluding hydrogens is 461 g/mol. The zero-order chi connectivity index (χ0) is 23.6. The third-order valence-corrected chi connectivity index (χ3v) is 8.70. The molecule has 3 aromatic rings. The number of hydrogen-bond donors (Lipinski definition) is 1. The van der Waals surface area contributed by atoms with Gasteiger partial charge < -0.3 is 10.2 Å². The van der Waals surface area contributed by atoms with E-state index in [0.717, 1.165) is 22.6 Å². The highest BCUT2D eigenvalue weighted by Crippen LogP contribution is 2.28. The SMILES string of the molecule is CC(C)c1ccc(NC(=O)c2sccc2S(=O)(=O)N2CCN(c3ccc(F)cc3)CC2)cc1. The average Bonchev–Trinajstić information content (AvgIpc) is 3.31. The maximum absolute atomic E-state index is 13.3. The van der Waals surface area contributed by atoms with Crippen LogP contribution in [-0.2, 0) is 10.0 Å². The molecule has 0 aliphatic carbocycles. The molecule has 33 heavy (non-hydrogen) atoms. The Morgan fingerprint density at radius 2 is 1.61 bits per heavy atom. The summed E-state index contributed by atoms with van der Waals surface area (Å²) in [7, 11) is -3.82. The predicted molar refractivity (Wildman–Crippen MR) is 130 cm³/mol. The molecule has 6 nitrogen and oxygen atoms in total. The summed E-state index contributed by atoms with van der Waals surface area (Å²) in [4.78, 5) is 15.1. The van der Waals surface area contributed by atoms with Gasteiger partial charge in [0.25, 0.3) is 5.91 Å². The Morgan fingerprint density at radius 3 is 2.21 bits per heavy atom. The van der Waals surface area contributed by atoms with Crippen molar-refractivity contribution in [1.29, 1.82) is 0 Å². The third kappa shape index (κ3) is 5.10. The molecule has 4 rings (SSSR count).